The molecular weight excluding hydrogens is 363 g/mol. The lowest BCUT2D eigenvalue weighted by molar-refractivity contribution is -0.136. The number of halogens is 4. The summed E-state index contributed by atoms with van der Waals surface area (Å²) < 4.78 is 39.3. The molecule has 6 heteroatoms. The molecule has 0 atom stereocenters. The Kier molecular flexibility index (Phi) is 5.58. The molecule has 21 heavy (non-hydrogen) atoms. The molecule has 0 bridgehead atoms. The lowest BCUT2D eigenvalue weighted by Crippen LogP contribution is -2.12. The maximum Gasteiger partial charge on any atom is 0.418 e. The van der Waals surface area contributed by atoms with Gasteiger partial charge in [0.1, 0.15) is 0 Å². The van der Waals surface area contributed by atoms with E-state index in [1.165, 1.54) is 12.1 Å². The van der Waals surface area contributed by atoms with Gasteiger partial charge in [0.05, 0.1) is 5.56 Å². The van der Waals surface area contributed by atoms with Crippen LogP contribution in [0.25, 0.3) is 0 Å². The largest absolute Gasteiger partial charge is 0.418 e. The van der Waals surface area contributed by atoms with E-state index in [1.807, 2.05) is 30.3 Å². The molecule has 0 aliphatic heterocycles. The van der Waals surface area contributed by atoms with Crippen molar-refractivity contribution in [3.8, 4) is 0 Å². The molecule has 0 saturated heterocycles. The van der Waals surface area contributed by atoms with Crippen molar-refractivity contribution < 1.29 is 13.2 Å². The lowest BCUT2D eigenvalue weighted by Gasteiger charge is -2.15. The summed E-state index contributed by atoms with van der Waals surface area (Å²) >= 11 is 4.80. The van der Waals surface area contributed by atoms with E-state index in [0.29, 0.717) is 16.8 Å². The highest BCUT2D eigenvalue weighted by atomic mass is 79.9. The number of hydrogen-bond acceptors (Lipinski definition) is 2. The van der Waals surface area contributed by atoms with Crippen molar-refractivity contribution in [3.63, 3.8) is 0 Å². The summed E-state index contributed by atoms with van der Waals surface area (Å²) in [4.78, 5) is 1.10. The van der Waals surface area contributed by atoms with Crippen LogP contribution in [0.5, 0.6) is 0 Å². The highest BCUT2D eigenvalue weighted by Crippen LogP contribution is 2.36. The molecule has 0 heterocycles. The van der Waals surface area contributed by atoms with Crippen molar-refractivity contribution in [2.24, 2.45) is 0 Å². The third-order valence-corrected chi connectivity index (χ3v) is 4.22. The monoisotopic (exact) mass is 375 g/mol. The highest BCUT2D eigenvalue weighted by Gasteiger charge is 2.33. The average molecular weight is 376 g/mol. The van der Waals surface area contributed by atoms with Gasteiger partial charge in [-0.05, 0) is 30.3 Å². The van der Waals surface area contributed by atoms with Crippen LogP contribution in [-0.2, 0) is 6.18 Å². The summed E-state index contributed by atoms with van der Waals surface area (Å²) in [7, 11) is 0. The van der Waals surface area contributed by atoms with Crippen LogP contribution in [0.2, 0.25) is 0 Å². The second-order valence-corrected chi connectivity index (χ2v) is 6.36. The Bertz CT molecular complexity index is 587. The first-order valence-electron chi connectivity index (χ1n) is 6.25. The molecule has 112 valence electrons. The van der Waals surface area contributed by atoms with E-state index in [2.05, 4.69) is 21.2 Å². The number of nitrogens with one attached hydrogen (secondary N) is 1. The molecule has 0 aromatic heterocycles. The average Bonchev–Trinajstić information content (AvgIpc) is 2.43. The molecule has 0 aliphatic rings. The SMILES string of the molecule is FC(F)(F)c1ccc(Br)cc1NCCSc1ccccc1. The molecule has 0 unspecified atom stereocenters. The molecule has 0 amide bonds. The van der Waals surface area contributed by atoms with E-state index in [9.17, 15) is 13.2 Å². The van der Waals surface area contributed by atoms with E-state index in [-0.39, 0.29) is 5.69 Å². The Morgan fingerprint density at radius 2 is 1.76 bits per heavy atom. The smallest absolute Gasteiger partial charge is 0.384 e. The van der Waals surface area contributed by atoms with Gasteiger partial charge in [0.25, 0.3) is 0 Å². The molecule has 0 fully saturated rings. The number of alkyl halides is 3. The van der Waals surface area contributed by atoms with Gasteiger partial charge in [-0.25, -0.2) is 0 Å². The van der Waals surface area contributed by atoms with Gasteiger partial charge in [-0.2, -0.15) is 13.2 Å². The van der Waals surface area contributed by atoms with E-state index >= 15 is 0 Å². The third-order valence-electron chi connectivity index (χ3n) is 2.72. The van der Waals surface area contributed by atoms with Gasteiger partial charge >= 0.3 is 6.18 Å². The summed E-state index contributed by atoms with van der Waals surface area (Å²) in [6, 6.07) is 13.7. The van der Waals surface area contributed by atoms with Crippen LogP contribution in [0.1, 0.15) is 5.56 Å². The van der Waals surface area contributed by atoms with E-state index < -0.39 is 11.7 Å². The van der Waals surface area contributed by atoms with E-state index in [1.54, 1.807) is 11.8 Å². The second kappa shape index (κ2) is 7.22. The van der Waals surface area contributed by atoms with Crippen LogP contribution < -0.4 is 5.32 Å². The van der Waals surface area contributed by atoms with Gasteiger partial charge in [0.15, 0.2) is 0 Å². The Labute approximate surface area is 134 Å². The van der Waals surface area contributed by atoms with Crippen LogP contribution in [0.3, 0.4) is 0 Å². The number of hydrogen-bond donors (Lipinski definition) is 1. The number of benzene rings is 2. The summed E-state index contributed by atoms with van der Waals surface area (Å²) in [5.74, 6) is 0.688. The van der Waals surface area contributed by atoms with Crippen molar-refractivity contribution in [3.05, 3.63) is 58.6 Å². The fraction of sp³-hybridized carbons (Fsp3) is 0.200. The number of thioether (sulfide) groups is 1. The maximum atomic E-state index is 12.9. The molecule has 2 aromatic carbocycles. The fourth-order valence-electron chi connectivity index (χ4n) is 1.78. The molecular formula is C15H13BrF3NS. The maximum absolute atomic E-state index is 12.9. The normalized spacial score (nSPS) is 11.4. The molecule has 0 radical (unpaired) electrons. The van der Waals surface area contributed by atoms with Crippen molar-refractivity contribution in [2.75, 3.05) is 17.6 Å². The molecule has 0 aliphatic carbocycles. The Morgan fingerprint density at radius 3 is 2.43 bits per heavy atom. The van der Waals surface area contributed by atoms with Crippen LogP contribution in [0.15, 0.2) is 57.9 Å². The summed E-state index contributed by atoms with van der Waals surface area (Å²) in [6.07, 6.45) is -4.35. The number of rotatable bonds is 5. The zero-order valence-corrected chi connectivity index (χ0v) is 13.4. The van der Waals surface area contributed by atoms with Crippen molar-refractivity contribution in [2.45, 2.75) is 11.1 Å². The van der Waals surface area contributed by atoms with Gasteiger partial charge in [0, 0.05) is 27.4 Å². The molecule has 0 spiro atoms. The predicted octanol–water partition coefficient (Wildman–Crippen LogP) is 5.67. The minimum atomic E-state index is -4.35. The molecule has 1 nitrogen and oxygen atoms in total. The zero-order valence-electron chi connectivity index (χ0n) is 11.0. The molecule has 2 aromatic rings. The molecule has 0 saturated carbocycles. The molecule has 1 N–H and O–H groups in total. The van der Waals surface area contributed by atoms with Crippen molar-refractivity contribution in [1.29, 1.82) is 0 Å². The Morgan fingerprint density at radius 1 is 1.05 bits per heavy atom. The van der Waals surface area contributed by atoms with Crippen LogP contribution >= 0.6 is 27.7 Å². The quantitative estimate of drug-likeness (QED) is 0.533. The van der Waals surface area contributed by atoms with Crippen LogP contribution in [-0.4, -0.2) is 12.3 Å². The third kappa shape index (κ3) is 4.97. The second-order valence-electron chi connectivity index (χ2n) is 4.28. The standard InChI is InChI=1S/C15H13BrF3NS/c16-11-6-7-13(15(17,18)19)14(10-11)20-8-9-21-12-4-2-1-3-5-12/h1-7,10,20H,8-9H2. The van der Waals surface area contributed by atoms with Crippen molar-refractivity contribution >= 4 is 33.4 Å². The van der Waals surface area contributed by atoms with E-state index in [0.717, 1.165) is 11.0 Å². The Balaban J connectivity index is 1.95. The minimum Gasteiger partial charge on any atom is -0.384 e. The summed E-state index contributed by atoms with van der Waals surface area (Å²) in [5.41, 5.74) is -0.541. The van der Waals surface area contributed by atoms with Crippen LogP contribution in [0.4, 0.5) is 18.9 Å². The fourth-order valence-corrected chi connectivity index (χ4v) is 2.93. The minimum absolute atomic E-state index is 0.102. The van der Waals surface area contributed by atoms with Gasteiger partial charge < -0.3 is 5.32 Å². The first-order chi connectivity index (χ1) is 9.97. The zero-order chi connectivity index (χ0) is 15.3. The van der Waals surface area contributed by atoms with Gasteiger partial charge in [-0.1, -0.05) is 34.1 Å². The first-order valence-corrected chi connectivity index (χ1v) is 8.03. The van der Waals surface area contributed by atoms with Gasteiger partial charge in [-0.15, -0.1) is 11.8 Å². The van der Waals surface area contributed by atoms with Gasteiger partial charge in [-0.3, -0.25) is 0 Å². The molecule has 2 rings (SSSR count). The first kappa shape index (κ1) is 16.2. The summed E-state index contributed by atoms with van der Waals surface area (Å²) in [5, 5.41) is 2.86. The van der Waals surface area contributed by atoms with Crippen molar-refractivity contribution in [1.82, 2.24) is 0 Å². The van der Waals surface area contributed by atoms with Crippen LogP contribution in [0, 0.1) is 0 Å². The Hall–Kier alpha value is -1.14. The topological polar surface area (TPSA) is 12.0 Å². The summed E-state index contributed by atoms with van der Waals surface area (Å²) in [6.45, 7) is 0.457. The van der Waals surface area contributed by atoms with Gasteiger partial charge in [0.2, 0.25) is 0 Å². The highest BCUT2D eigenvalue weighted by molar-refractivity contribution is 9.10. The predicted molar refractivity (Wildman–Crippen MR) is 84.8 cm³/mol. The lowest BCUT2D eigenvalue weighted by atomic mass is 10.1. The van der Waals surface area contributed by atoms with E-state index in [4.69, 9.17) is 0 Å². The number of anilines is 1.